The summed E-state index contributed by atoms with van der Waals surface area (Å²) in [4.78, 5) is 12.3. The van der Waals surface area contributed by atoms with E-state index in [1.165, 1.54) is 24.3 Å². The van der Waals surface area contributed by atoms with Gasteiger partial charge in [-0.3, -0.25) is 4.79 Å². The number of halogens is 1. The molecule has 0 unspecified atom stereocenters. The van der Waals surface area contributed by atoms with Crippen molar-refractivity contribution in [2.24, 2.45) is 0 Å². The molecule has 1 amide bonds. The normalized spacial score (nSPS) is 12.6. The molecule has 0 spiro atoms. The Morgan fingerprint density at radius 3 is 2.32 bits per heavy atom. The Bertz CT molecular complexity index is 795. The van der Waals surface area contributed by atoms with Crippen LogP contribution in [-0.2, 0) is 21.2 Å². The third kappa shape index (κ3) is 5.82. The van der Waals surface area contributed by atoms with Gasteiger partial charge < -0.3 is 10.4 Å². The van der Waals surface area contributed by atoms with Crippen LogP contribution in [0.1, 0.15) is 5.56 Å². The van der Waals surface area contributed by atoms with Gasteiger partial charge in [0, 0.05) is 11.6 Å². The van der Waals surface area contributed by atoms with Crippen LogP contribution < -0.4 is 10.0 Å². The van der Waals surface area contributed by atoms with Gasteiger partial charge in [0.05, 0.1) is 11.5 Å². The summed E-state index contributed by atoms with van der Waals surface area (Å²) >= 11 is 5.78. The first-order valence-corrected chi connectivity index (χ1v) is 9.49. The topological polar surface area (TPSA) is 95.5 Å². The second-order valence-corrected chi connectivity index (χ2v) is 7.48. The highest BCUT2D eigenvalue weighted by Crippen LogP contribution is 2.15. The Morgan fingerprint density at radius 1 is 1.08 bits per heavy atom. The third-order valence-electron chi connectivity index (χ3n) is 3.43. The van der Waals surface area contributed by atoms with E-state index in [-0.39, 0.29) is 24.5 Å². The molecule has 25 heavy (non-hydrogen) atoms. The van der Waals surface area contributed by atoms with E-state index in [0.717, 1.165) is 5.56 Å². The fraction of sp³-hybridized carbons (Fsp3) is 0.235. The molecule has 0 bridgehead atoms. The lowest BCUT2D eigenvalue weighted by Gasteiger charge is -2.18. The molecule has 6 nitrogen and oxygen atoms in total. The van der Waals surface area contributed by atoms with Gasteiger partial charge in [0.25, 0.3) is 0 Å². The van der Waals surface area contributed by atoms with Gasteiger partial charge in [-0.05, 0) is 36.2 Å². The average molecular weight is 383 g/mol. The van der Waals surface area contributed by atoms with Gasteiger partial charge in [0.2, 0.25) is 15.9 Å². The molecule has 0 aromatic heterocycles. The largest absolute Gasteiger partial charge is 0.395 e. The van der Waals surface area contributed by atoms with Gasteiger partial charge in [-0.2, -0.15) is 4.72 Å². The van der Waals surface area contributed by atoms with Crippen molar-refractivity contribution < 1.29 is 18.3 Å². The standard InChI is InChI=1S/C17H19ClN2O4S/c18-14-6-8-15(9-7-14)25(23,24)20-16(17(22)19-10-11-21)12-13-4-2-1-3-5-13/h1-9,16,20-21H,10-12H2,(H,19,22)/t16-/m1/s1. The van der Waals surface area contributed by atoms with Crippen LogP contribution in [-0.4, -0.2) is 38.6 Å². The second kappa shape index (κ2) is 8.96. The number of amides is 1. The predicted molar refractivity (Wildman–Crippen MR) is 95.8 cm³/mol. The number of aliphatic hydroxyl groups excluding tert-OH is 1. The highest BCUT2D eigenvalue weighted by molar-refractivity contribution is 7.89. The molecule has 2 aromatic rings. The van der Waals surface area contributed by atoms with E-state index >= 15 is 0 Å². The van der Waals surface area contributed by atoms with Crippen molar-refractivity contribution in [2.45, 2.75) is 17.4 Å². The van der Waals surface area contributed by atoms with Crippen molar-refractivity contribution in [1.29, 1.82) is 0 Å². The van der Waals surface area contributed by atoms with Crippen LogP contribution in [0.5, 0.6) is 0 Å². The van der Waals surface area contributed by atoms with E-state index in [0.29, 0.717) is 5.02 Å². The van der Waals surface area contributed by atoms with Crippen LogP contribution in [0.3, 0.4) is 0 Å². The fourth-order valence-electron chi connectivity index (χ4n) is 2.21. The van der Waals surface area contributed by atoms with Gasteiger partial charge in [0.1, 0.15) is 6.04 Å². The first kappa shape index (κ1) is 19.4. The van der Waals surface area contributed by atoms with Crippen LogP contribution in [0.15, 0.2) is 59.5 Å². The minimum Gasteiger partial charge on any atom is -0.395 e. The molecule has 2 aromatic carbocycles. The number of hydrogen-bond acceptors (Lipinski definition) is 4. The zero-order valence-electron chi connectivity index (χ0n) is 13.4. The lowest BCUT2D eigenvalue weighted by atomic mass is 10.1. The molecule has 8 heteroatoms. The molecule has 3 N–H and O–H groups in total. The van der Waals surface area contributed by atoms with Gasteiger partial charge in [-0.25, -0.2) is 8.42 Å². The van der Waals surface area contributed by atoms with Crippen molar-refractivity contribution >= 4 is 27.5 Å². The van der Waals surface area contributed by atoms with E-state index in [1.807, 2.05) is 30.3 Å². The van der Waals surface area contributed by atoms with Crippen LogP contribution >= 0.6 is 11.6 Å². The van der Waals surface area contributed by atoms with E-state index in [1.54, 1.807) is 0 Å². The highest BCUT2D eigenvalue weighted by atomic mass is 35.5. The molecule has 0 aliphatic carbocycles. The molecule has 0 saturated heterocycles. The van der Waals surface area contributed by atoms with Crippen molar-refractivity contribution in [3.8, 4) is 0 Å². The number of aliphatic hydroxyl groups is 1. The first-order valence-electron chi connectivity index (χ1n) is 7.63. The molecule has 0 radical (unpaired) electrons. The minimum absolute atomic E-state index is 0.0184. The number of carbonyl (C=O) groups is 1. The summed E-state index contributed by atoms with van der Waals surface area (Å²) in [5, 5.41) is 11.8. The van der Waals surface area contributed by atoms with Crippen LogP contribution in [0, 0.1) is 0 Å². The Labute approximate surface area is 151 Å². The zero-order chi connectivity index (χ0) is 18.3. The van der Waals surface area contributed by atoms with E-state index in [4.69, 9.17) is 16.7 Å². The Balaban J connectivity index is 2.22. The molecule has 134 valence electrons. The molecule has 0 fully saturated rings. The first-order chi connectivity index (χ1) is 11.9. The average Bonchev–Trinajstić information content (AvgIpc) is 2.60. The van der Waals surface area contributed by atoms with E-state index in [9.17, 15) is 13.2 Å². The number of sulfonamides is 1. The molecule has 0 saturated carbocycles. The minimum atomic E-state index is -3.90. The van der Waals surface area contributed by atoms with Crippen molar-refractivity contribution in [3.63, 3.8) is 0 Å². The quantitative estimate of drug-likeness (QED) is 0.642. The lowest BCUT2D eigenvalue weighted by molar-refractivity contribution is -0.122. The number of hydrogen-bond donors (Lipinski definition) is 3. The molecule has 2 rings (SSSR count). The second-order valence-electron chi connectivity index (χ2n) is 5.33. The summed E-state index contributed by atoms with van der Waals surface area (Å²) in [5.41, 5.74) is 0.811. The zero-order valence-corrected chi connectivity index (χ0v) is 14.9. The van der Waals surface area contributed by atoms with E-state index in [2.05, 4.69) is 10.0 Å². The molecule has 0 heterocycles. The summed E-state index contributed by atoms with van der Waals surface area (Å²) in [6.07, 6.45) is 0.185. The van der Waals surface area contributed by atoms with Crippen molar-refractivity contribution in [2.75, 3.05) is 13.2 Å². The Hall–Kier alpha value is -1.93. The summed E-state index contributed by atoms with van der Waals surface area (Å²) in [6.45, 7) is -0.180. The fourth-order valence-corrected chi connectivity index (χ4v) is 3.53. The maximum absolute atomic E-state index is 12.5. The lowest BCUT2D eigenvalue weighted by Crippen LogP contribution is -2.48. The molecule has 0 aliphatic heterocycles. The molecule has 0 aliphatic rings. The van der Waals surface area contributed by atoms with Crippen LogP contribution in [0.4, 0.5) is 0 Å². The van der Waals surface area contributed by atoms with Crippen LogP contribution in [0.2, 0.25) is 5.02 Å². The summed E-state index contributed by atoms with van der Waals surface area (Å²) in [6, 6.07) is 13.7. The number of nitrogens with one attached hydrogen (secondary N) is 2. The maximum atomic E-state index is 12.5. The van der Waals surface area contributed by atoms with Gasteiger partial charge >= 0.3 is 0 Å². The molecular formula is C17H19ClN2O4S. The van der Waals surface area contributed by atoms with Crippen molar-refractivity contribution in [1.82, 2.24) is 10.0 Å². The summed E-state index contributed by atoms with van der Waals surface area (Å²) in [7, 11) is -3.90. The Kier molecular flexibility index (Phi) is 6.95. The van der Waals surface area contributed by atoms with Gasteiger partial charge in [-0.1, -0.05) is 41.9 Å². The third-order valence-corrected chi connectivity index (χ3v) is 5.17. The number of carbonyl (C=O) groups excluding carboxylic acids is 1. The van der Waals surface area contributed by atoms with Crippen LogP contribution in [0.25, 0.3) is 0 Å². The SMILES string of the molecule is O=C(NCCO)[C@@H](Cc1ccccc1)NS(=O)(=O)c1ccc(Cl)cc1. The molecular weight excluding hydrogens is 364 g/mol. The number of rotatable bonds is 8. The maximum Gasteiger partial charge on any atom is 0.241 e. The highest BCUT2D eigenvalue weighted by Gasteiger charge is 2.25. The number of benzene rings is 2. The van der Waals surface area contributed by atoms with E-state index < -0.39 is 22.0 Å². The molecule has 1 atom stereocenters. The predicted octanol–water partition coefficient (Wildman–Crippen LogP) is 1.34. The van der Waals surface area contributed by atoms with Crippen molar-refractivity contribution in [3.05, 3.63) is 65.2 Å². The summed E-state index contributed by atoms with van der Waals surface area (Å²) in [5.74, 6) is -0.504. The van der Waals surface area contributed by atoms with Gasteiger partial charge in [-0.15, -0.1) is 0 Å². The summed E-state index contributed by atoms with van der Waals surface area (Å²) < 4.78 is 27.5. The Morgan fingerprint density at radius 2 is 1.72 bits per heavy atom. The smallest absolute Gasteiger partial charge is 0.241 e. The monoisotopic (exact) mass is 382 g/mol. The van der Waals surface area contributed by atoms with Gasteiger partial charge in [0.15, 0.2) is 0 Å².